The van der Waals surface area contributed by atoms with Crippen LogP contribution in [-0.4, -0.2) is 8.42 Å². The first-order valence-corrected chi connectivity index (χ1v) is 7.89. The van der Waals surface area contributed by atoms with Gasteiger partial charge in [-0.25, -0.2) is 12.8 Å². The van der Waals surface area contributed by atoms with Crippen LogP contribution in [0.3, 0.4) is 0 Å². The van der Waals surface area contributed by atoms with Gasteiger partial charge in [0.15, 0.2) is 0 Å². The number of hydrogen-bond acceptors (Lipinski definition) is 4. The quantitative estimate of drug-likeness (QED) is 0.853. The van der Waals surface area contributed by atoms with Gasteiger partial charge in [0.25, 0.3) is 10.0 Å². The zero-order valence-electron chi connectivity index (χ0n) is 10.2. The molecule has 0 spiro atoms. The lowest BCUT2D eigenvalue weighted by molar-refractivity contribution is 0.600. The van der Waals surface area contributed by atoms with Gasteiger partial charge in [-0.05, 0) is 36.8 Å². The monoisotopic (exact) mass is 300 g/mol. The second-order valence-electron chi connectivity index (χ2n) is 3.92. The Kier molecular flexibility index (Phi) is 3.77. The second-order valence-corrected chi connectivity index (χ2v) is 7.00. The van der Waals surface area contributed by atoms with Crippen molar-refractivity contribution in [3.05, 3.63) is 41.0 Å². The summed E-state index contributed by atoms with van der Waals surface area (Å²) in [6.45, 7) is 1.94. The van der Waals surface area contributed by atoms with Gasteiger partial charge in [0.1, 0.15) is 10.0 Å². The van der Waals surface area contributed by atoms with Crippen LogP contribution in [0.5, 0.6) is 0 Å². The highest BCUT2D eigenvalue weighted by atomic mass is 32.2. The lowest BCUT2D eigenvalue weighted by Gasteiger charge is -2.07. The lowest BCUT2D eigenvalue weighted by atomic mass is 10.3. The van der Waals surface area contributed by atoms with E-state index in [0.717, 1.165) is 17.4 Å². The predicted molar refractivity (Wildman–Crippen MR) is 75.3 cm³/mol. The predicted octanol–water partition coefficient (Wildman–Crippen LogP) is 2.83. The van der Waals surface area contributed by atoms with Crippen LogP contribution < -0.4 is 10.5 Å². The van der Waals surface area contributed by atoms with E-state index in [-0.39, 0.29) is 15.6 Å². The van der Waals surface area contributed by atoms with Gasteiger partial charge in [-0.2, -0.15) is 0 Å². The number of nitrogen functional groups attached to an aromatic ring is 1. The van der Waals surface area contributed by atoms with E-state index >= 15 is 0 Å². The number of thiophene rings is 1. The molecule has 4 nitrogen and oxygen atoms in total. The molecular formula is C12H13FN2O2S2. The Morgan fingerprint density at radius 1 is 1.32 bits per heavy atom. The van der Waals surface area contributed by atoms with Gasteiger partial charge < -0.3 is 5.73 Å². The average Bonchev–Trinajstić information content (AvgIpc) is 2.82. The van der Waals surface area contributed by atoms with E-state index in [1.165, 1.54) is 29.5 Å². The Bertz CT molecular complexity index is 696. The van der Waals surface area contributed by atoms with E-state index in [1.807, 2.05) is 6.92 Å². The maximum Gasteiger partial charge on any atom is 0.271 e. The van der Waals surface area contributed by atoms with Gasteiger partial charge in [0.2, 0.25) is 0 Å². The van der Waals surface area contributed by atoms with Crippen LogP contribution in [-0.2, 0) is 16.4 Å². The molecule has 0 unspecified atom stereocenters. The van der Waals surface area contributed by atoms with Crippen molar-refractivity contribution < 1.29 is 12.8 Å². The minimum Gasteiger partial charge on any atom is -0.399 e. The first-order valence-electron chi connectivity index (χ1n) is 5.59. The summed E-state index contributed by atoms with van der Waals surface area (Å²) >= 11 is 1.17. The number of sulfonamides is 1. The molecule has 19 heavy (non-hydrogen) atoms. The summed E-state index contributed by atoms with van der Waals surface area (Å²) in [5.74, 6) is -0.698. The van der Waals surface area contributed by atoms with Crippen molar-refractivity contribution in [2.75, 3.05) is 10.5 Å². The van der Waals surface area contributed by atoms with Crippen LogP contribution in [0.25, 0.3) is 0 Å². The molecule has 0 aliphatic heterocycles. The molecule has 0 saturated heterocycles. The Hall–Kier alpha value is -1.60. The molecule has 0 bridgehead atoms. The fourth-order valence-corrected chi connectivity index (χ4v) is 3.86. The Morgan fingerprint density at radius 3 is 2.63 bits per heavy atom. The average molecular weight is 300 g/mol. The van der Waals surface area contributed by atoms with Crippen molar-refractivity contribution in [3.63, 3.8) is 0 Å². The molecule has 1 heterocycles. The molecular weight excluding hydrogens is 287 g/mol. The number of benzene rings is 1. The SMILES string of the molecule is CCc1ccc(S(=O)(=O)Nc2ccc(N)cc2F)s1. The summed E-state index contributed by atoms with van der Waals surface area (Å²) in [4.78, 5) is 0.957. The molecule has 0 fully saturated rings. The van der Waals surface area contributed by atoms with Gasteiger partial charge in [-0.15, -0.1) is 11.3 Å². The van der Waals surface area contributed by atoms with Gasteiger partial charge in [-0.1, -0.05) is 6.92 Å². The minimum absolute atomic E-state index is 0.111. The van der Waals surface area contributed by atoms with E-state index in [9.17, 15) is 12.8 Å². The number of hydrogen-bond donors (Lipinski definition) is 2. The third-order valence-electron chi connectivity index (χ3n) is 2.49. The first-order chi connectivity index (χ1) is 8.92. The minimum atomic E-state index is -3.75. The molecule has 0 atom stereocenters. The van der Waals surface area contributed by atoms with Crippen LogP contribution in [0.1, 0.15) is 11.8 Å². The largest absolute Gasteiger partial charge is 0.399 e. The smallest absolute Gasteiger partial charge is 0.271 e. The molecule has 1 aromatic carbocycles. The summed E-state index contributed by atoms with van der Waals surface area (Å²) in [5.41, 5.74) is 5.54. The van der Waals surface area contributed by atoms with Crippen LogP contribution in [0.2, 0.25) is 0 Å². The third kappa shape index (κ3) is 3.05. The standard InChI is InChI=1S/C12H13FN2O2S2/c1-2-9-4-6-12(18-9)19(16,17)15-11-5-3-8(14)7-10(11)13/h3-7,15H,2,14H2,1H3. The van der Waals surface area contributed by atoms with Crippen LogP contribution in [0.4, 0.5) is 15.8 Å². The number of anilines is 2. The Morgan fingerprint density at radius 2 is 2.05 bits per heavy atom. The maximum absolute atomic E-state index is 13.6. The molecule has 2 rings (SSSR count). The summed E-state index contributed by atoms with van der Waals surface area (Å²) in [6, 6.07) is 7.08. The van der Waals surface area contributed by atoms with Gasteiger partial charge in [0.05, 0.1) is 5.69 Å². The molecule has 0 aliphatic carbocycles. The summed E-state index contributed by atoms with van der Waals surface area (Å²) < 4.78 is 40.1. The third-order valence-corrected chi connectivity index (χ3v) is 5.57. The van der Waals surface area contributed by atoms with E-state index in [0.29, 0.717) is 0 Å². The van der Waals surface area contributed by atoms with Gasteiger partial charge in [0, 0.05) is 10.6 Å². The van der Waals surface area contributed by atoms with Crippen molar-refractivity contribution >= 4 is 32.7 Å². The molecule has 102 valence electrons. The second kappa shape index (κ2) is 5.18. The number of halogens is 1. The van der Waals surface area contributed by atoms with Gasteiger partial charge >= 0.3 is 0 Å². The fourth-order valence-electron chi connectivity index (χ4n) is 1.50. The maximum atomic E-state index is 13.6. The van der Waals surface area contributed by atoms with Gasteiger partial charge in [-0.3, -0.25) is 4.72 Å². The van der Waals surface area contributed by atoms with Crippen molar-refractivity contribution in [1.82, 2.24) is 0 Å². The fraction of sp³-hybridized carbons (Fsp3) is 0.167. The molecule has 0 aliphatic rings. The number of nitrogens with two attached hydrogens (primary N) is 1. The van der Waals surface area contributed by atoms with E-state index < -0.39 is 15.8 Å². The summed E-state index contributed by atoms with van der Waals surface area (Å²) in [6.07, 6.45) is 0.760. The van der Waals surface area contributed by atoms with Crippen LogP contribution >= 0.6 is 11.3 Å². The Labute approximate surface area is 115 Å². The zero-order chi connectivity index (χ0) is 14.0. The first kappa shape index (κ1) is 13.8. The number of nitrogens with one attached hydrogen (secondary N) is 1. The number of aryl methyl sites for hydroxylation is 1. The topological polar surface area (TPSA) is 72.2 Å². The summed E-state index contributed by atoms with van der Waals surface area (Å²) in [5, 5.41) is 0. The molecule has 0 saturated carbocycles. The molecule has 3 N–H and O–H groups in total. The van der Waals surface area contributed by atoms with E-state index in [1.54, 1.807) is 6.07 Å². The van der Waals surface area contributed by atoms with Crippen molar-refractivity contribution in [2.45, 2.75) is 17.6 Å². The highest BCUT2D eigenvalue weighted by Crippen LogP contribution is 2.26. The molecule has 7 heteroatoms. The highest BCUT2D eigenvalue weighted by Gasteiger charge is 2.18. The Balaban J connectivity index is 2.30. The van der Waals surface area contributed by atoms with Crippen molar-refractivity contribution in [1.29, 1.82) is 0 Å². The summed E-state index contributed by atoms with van der Waals surface area (Å²) in [7, 11) is -3.75. The zero-order valence-corrected chi connectivity index (χ0v) is 11.8. The van der Waals surface area contributed by atoms with E-state index in [2.05, 4.69) is 4.72 Å². The van der Waals surface area contributed by atoms with Crippen LogP contribution in [0.15, 0.2) is 34.5 Å². The highest BCUT2D eigenvalue weighted by molar-refractivity contribution is 7.94. The molecule has 0 radical (unpaired) electrons. The molecule has 0 amide bonds. The molecule has 2 aromatic rings. The molecule has 1 aromatic heterocycles. The normalized spacial score (nSPS) is 11.5. The van der Waals surface area contributed by atoms with Crippen LogP contribution in [0, 0.1) is 5.82 Å². The van der Waals surface area contributed by atoms with Crippen molar-refractivity contribution in [3.8, 4) is 0 Å². The van der Waals surface area contributed by atoms with E-state index in [4.69, 9.17) is 5.73 Å². The number of rotatable bonds is 4. The lowest BCUT2D eigenvalue weighted by Crippen LogP contribution is -2.12. The van der Waals surface area contributed by atoms with Crippen molar-refractivity contribution in [2.24, 2.45) is 0 Å².